The Labute approximate surface area is 154 Å². The van der Waals surface area contributed by atoms with Crippen LogP contribution in [0.4, 0.5) is 11.4 Å². The van der Waals surface area contributed by atoms with E-state index in [9.17, 15) is 19.7 Å². The molecule has 1 aliphatic rings. The number of benzene rings is 1. The Morgan fingerprint density at radius 2 is 2.23 bits per heavy atom. The van der Waals surface area contributed by atoms with Gasteiger partial charge in [-0.05, 0) is 12.0 Å². The number of thioether (sulfide) groups is 1. The van der Waals surface area contributed by atoms with Gasteiger partial charge in [0.15, 0.2) is 5.17 Å². The molecule has 0 spiro atoms. The highest BCUT2D eigenvalue weighted by molar-refractivity contribution is 8.15. The van der Waals surface area contributed by atoms with Crippen LogP contribution in [0.3, 0.4) is 0 Å². The second-order valence-electron chi connectivity index (χ2n) is 6.03. The lowest BCUT2D eigenvalue weighted by atomic mass is 10.2. The number of carbonyl (C=O) groups excluding carboxylic acids is 2. The maximum atomic E-state index is 12.3. The Morgan fingerprint density at radius 3 is 2.85 bits per heavy atom. The first kappa shape index (κ1) is 19.7. The maximum absolute atomic E-state index is 12.3. The van der Waals surface area contributed by atoms with Gasteiger partial charge in [0.25, 0.3) is 5.69 Å². The first-order valence-electron chi connectivity index (χ1n) is 7.94. The van der Waals surface area contributed by atoms with E-state index in [-0.39, 0.29) is 23.7 Å². The zero-order valence-corrected chi connectivity index (χ0v) is 15.5. The number of amidine groups is 1. The minimum atomic E-state index is -0.592. The molecule has 1 saturated heterocycles. The molecule has 1 fully saturated rings. The van der Waals surface area contributed by atoms with E-state index < -0.39 is 16.1 Å². The fourth-order valence-corrected chi connectivity index (χ4v) is 3.14. The molecular weight excluding hydrogens is 360 g/mol. The van der Waals surface area contributed by atoms with Crippen molar-refractivity contribution in [1.29, 1.82) is 0 Å². The molecule has 140 valence electrons. The van der Waals surface area contributed by atoms with Gasteiger partial charge >= 0.3 is 0 Å². The zero-order valence-electron chi connectivity index (χ0n) is 14.6. The number of carbonyl (C=O) groups is 2. The summed E-state index contributed by atoms with van der Waals surface area (Å²) in [6.45, 7) is 4.62. The van der Waals surface area contributed by atoms with Crippen molar-refractivity contribution in [2.75, 3.05) is 19.0 Å². The molecule has 9 nitrogen and oxygen atoms in total. The Morgan fingerprint density at radius 1 is 1.50 bits per heavy atom. The summed E-state index contributed by atoms with van der Waals surface area (Å²) in [5, 5.41) is 16.0. The number of methoxy groups -OCH3 is 1. The van der Waals surface area contributed by atoms with Crippen LogP contribution in [0.5, 0.6) is 5.75 Å². The van der Waals surface area contributed by atoms with Gasteiger partial charge in [-0.2, -0.15) is 0 Å². The lowest BCUT2D eigenvalue weighted by molar-refractivity contribution is -0.384. The van der Waals surface area contributed by atoms with Crippen molar-refractivity contribution < 1.29 is 19.2 Å². The van der Waals surface area contributed by atoms with Crippen LogP contribution in [0.15, 0.2) is 23.2 Å². The molecular formula is C16H20N4O5S. The number of amides is 2. The molecule has 0 radical (unpaired) electrons. The zero-order chi connectivity index (χ0) is 19.3. The van der Waals surface area contributed by atoms with E-state index in [1.54, 1.807) is 0 Å². The third-order valence-corrected chi connectivity index (χ3v) is 4.53. The fraction of sp³-hybridized carbons (Fsp3) is 0.438. The van der Waals surface area contributed by atoms with Crippen LogP contribution < -0.4 is 15.4 Å². The molecule has 1 heterocycles. The average Bonchev–Trinajstić information content (AvgIpc) is 2.92. The summed E-state index contributed by atoms with van der Waals surface area (Å²) in [5.41, 5.74) is 0.0148. The van der Waals surface area contributed by atoms with Crippen molar-refractivity contribution in [2.45, 2.75) is 25.5 Å². The van der Waals surface area contributed by atoms with Crippen LogP contribution in [0.2, 0.25) is 0 Å². The number of hydrogen-bond donors (Lipinski definition) is 2. The summed E-state index contributed by atoms with van der Waals surface area (Å²) in [5.74, 6) is -0.0597. The van der Waals surface area contributed by atoms with Gasteiger partial charge in [-0.3, -0.25) is 24.7 Å². The predicted molar refractivity (Wildman–Crippen MR) is 99.6 cm³/mol. The largest absolute Gasteiger partial charge is 0.495 e. The normalized spacial score (nSPS) is 18.1. The molecule has 10 heteroatoms. The minimum absolute atomic E-state index is 0.0803. The van der Waals surface area contributed by atoms with Crippen molar-refractivity contribution in [2.24, 2.45) is 10.9 Å². The molecule has 2 N–H and O–H groups in total. The number of hydrogen-bond acceptors (Lipinski definition) is 7. The average molecular weight is 380 g/mol. The number of aliphatic imine (C=N–C) groups is 1. The first-order chi connectivity index (χ1) is 12.3. The molecule has 0 aromatic heterocycles. The highest BCUT2D eigenvalue weighted by Crippen LogP contribution is 2.30. The number of nitro benzene ring substituents is 1. The van der Waals surface area contributed by atoms with Gasteiger partial charge in [-0.15, -0.1) is 0 Å². The number of nitrogens with zero attached hydrogens (tertiary/aromatic N) is 2. The van der Waals surface area contributed by atoms with Gasteiger partial charge in [0.1, 0.15) is 11.0 Å². The van der Waals surface area contributed by atoms with Gasteiger partial charge in [-0.25, -0.2) is 0 Å². The molecule has 26 heavy (non-hydrogen) atoms. The smallest absolute Gasteiger partial charge is 0.271 e. The second kappa shape index (κ2) is 8.65. The Bertz CT molecular complexity index is 750. The van der Waals surface area contributed by atoms with Crippen molar-refractivity contribution in [3.63, 3.8) is 0 Å². The van der Waals surface area contributed by atoms with E-state index >= 15 is 0 Å². The summed E-state index contributed by atoms with van der Waals surface area (Å²) in [4.78, 5) is 38.9. The third kappa shape index (κ3) is 5.19. The lowest BCUT2D eigenvalue weighted by Crippen LogP contribution is -2.28. The Balaban J connectivity index is 2.03. The first-order valence-corrected chi connectivity index (χ1v) is 8.82. The van der Waals surface area contributed by atoms with Crippen LogP contribution >= 0.6 is 11.8 Å². The standard InChI is InChI=1S/C16H20N4O5S/c1-9(2)8-17-16-19-15(22)13(26-16)7-14(21)18-11-6-10(20(23)24)4-5-12(11)25-3/h4-6,9,13H,7-8H2,1-3H3,(H,18,21)(H,17,19,22)/t13-/m1/s1. The summed E-state index contributed by atoms with van der Waals surface area (Å²) in [7, 11) is 1.40. The molecule has 0 aliphatic carbocycles. The highest BCUT2D eigenvalue weighted by Gasteiger charge is 2.32. The monoisotopic (exact) mass is 380 g/mol. The Kier molecular flexibility index (Phi) is 6.56. The summed E-state index contributed by atoms with van der Waals surface area (Å²) >= 11 is 1.21. The van der Waals surface area contributed by atoms with Gasteiger partial charge in [0.2, 0.25) is 11.8 Å². The molecule has 2 amide bonds. The van der Waals surface area contributed by atoms with Crippen molar-refractivity contribution in [3.8, 4) is 5.75 Å². The molecule has 1 atom stereocenters. The van der Waals surface area contributed by atoms with E-state index in [4.69, 9.17) is 4.74 Å². The molecule has 2 rings (SSSR count). The number of nitrogens with one attached hydrogen (secondary N) is 2. The molecule has 1 aliphatic heterocycles. The van der Waals surface area contributed by atoms with E-state index in [0.29, 0.717) is 23.4 Å². The quantitative estimate of drug-likeness (QED) is 0.552. The van der Waals surface area contributed by atoms with Crippen LogP contribution in [-0.2, 0) is 9.59 Å². The van der Waals surface area contributed by atoms with E-state index in [2.05, 4.69) is 15.6 Å². The molecule has 1 aromatic carbocycles. The maximum Gasteiger partial charge on any atom is 0.271 e. The molecule has 0 bridgehead atoms. The van der Waals surface area contributed by atoms with Crippen LogP contribution in [0, 0.1) is 16.0 Å². The number of nitro groups is 1. The molecule has 0 saturated carbocycles. The van der Waals surface area contributed by atoms with Gasteiger partial charge in [-0.1, -0.05) is 25.6 Å². The number of ether oxygens (including phenoxy) is 1. The summed E-state index contributed by atoms with van der Waals surface area (Å²) in [6.07, 6.45) is -0.0803. The SMILES string of the molecule is COc1ccc([N+](=O)[O-])cc1NC(=O)C[C@H]1SC(=NCC(C)C)NC1=O. The summed E-state index contributed by atoms with van der Waals surface area (Å²) in [6, 6.07) is 3.90. The lowest BCUT2D eigenvalue weighted by Gasteiger charge is -2.11. The van der Waals surface area contributed by atoms with Crippen LogP contribution in [-0.4, -0.2) is 40.8 Å². The molecule has 1 aromatic rings. The number of non-ortho nitro benzene ring substituents is 1. The van der Waals surface area contributed by atoms with E-state index in [1.807, 2.05) is 13.8 Å². The third-order valence-electron chi connectivity index (χ3n) is 3.42. The molecule has 0 unspecified atom stereocenters. The van der Waals surface area contributed by atoms with Crippen LogP contribution in [0.25, 0.3) is 0 Å². The van der Waals surface area contributed by atoms with Gasteiger partial charge in [0, 0.05) is 25.1 Å². The topological polar surface area (TPSA) is 123 Å². The predicted octanol–water partition coefficient (Wildman–Crippen LogP) is 2.18. The van der Waals surface area contributed by atoms with Crippen molar-refractivity contribution >= 4 is 40.1 Å². The number of anilines is 1. The van der Waals surface area contributed by atoms with Gasteiger partial charge < -0.3 is 15.4 Å². The highest BCUT2D eigenvalue weighted by atomic mass is 32.2. The number of rotatable bonds is 7. The van der Waals surface area contributed by atoms with Crippen molar-refractivity contribution in [3.05, 3.63) is 28.3 Å². The van der Waals surface area contributed by atoms with Crippen LogP contribution in [0.1, 0.15) is 20.3 Å². The summed E-state index contributed by atoms with van der Waals surface area (Å²) < 4.78 is 5.10. The van der Waals surface area contributed by atoms with E-state index in [0.717, 1.165) is 0 Å². The van der Waals surface area contributed by atoms with E-state index in [1.165, 1.54) is 37.1 Å². The van der Waals surface area contributed by atoms with Gasteiger partial charge in [0.05, 0.1) is 17.7 Å². The van der Waals surface area contributed by atoms with Crippen molar-refractivity contribution in [1.82, 2.24) is 5.32 Å². The Hall–Kier alpha value is -2.62. The second-order valence-corrected chi connectivity index (χ2v) is 7.22. The fourth-order valence-electron chi connectivity index (χ4n) is 2.16. The minimum Gasteiger partial charge on any atom is -0.495 e.